The molecule has 4 aliphatic heterocycles. The van der Waals surface area contributed by atoms with Crippen LogP contribution in [-0.2, 0) is 4.74 Å². The summed E-state index contributed by atoms with van der Waals surface area (Å²) in [5.41, 5.74) is 0.141. The topological polar surface area (TPSA) is 83.0 Å². The monoisotopic (exact) mass is 659 g/mol. The number of aromatic hydroxyl groups is 1. The maximum absolute atomic E-state index is 17.0. The lowest BCUT2D eigenvalue weighted by molar-refractivity contribution is -0.0741. The molecule has 5 heterocycles. The number of aromatic nitrogens is 2. The number of hydrogen-bond acceptors (Lipinski definition) is 8. The number of phenolic OH excluding ortho intramolecular Hbond substituents is 1. The third-order valence-corrected chi connectivity index (χ3v) is 10.5. The Morgan fingerprint density at radius 3 is 2.57 bits per heavy atom. The van der Waals surface area contributed by atoms with Crippen LogP contribution in [0.25, 0.3) is 32.8 Å². The van der Waals surface area contributed by atoms with Crippen LogP contribution in [0.4, 0.5) is 14.6 Å². The normalized spacial score (nSPS) is 24.2. The third-order valence-electron chi connectivity index (χ3n) is 10.2. The van der Waals surface area contributed by atoms with Gasteiger partial charge in [0.05, 0.1) is 30.4 Å². The van der Waals surface area contributed by atoms with Gasteiger partial charge in [-0.3, -0.25) is 4.90 Å². The van der Waals surface area contributed by atoms with Crippen molar-refractivity contribution < 1.29 is 23.4 Å². The average Bonchev–Trinajstić information content (AvgIpc) is 3.39. The summed E-state index contributed by atoms with van der Waals surface area (Å²) in [4.78, 5) is 14.1. The van der Waals surface area contributed by atoms with Crippen molar-refractivity contribution in [2.75, 3.05) is 44.4 Å². The van der Waals surface area contributed by atoms with E-state index in [1.807, 2.05) is 0 Å². The molecule has 4 unspecified atom stereocenters. The van der Waals surface area contributed by atoms with Gasteiger partial charge in [0.2, 0.25) is 0 Å². The molecule has 0 amide bonds. The van der Waals surface area contributed by atoms with Gasteiger partial charge in [-0.1, -0.05) is 30.0 Å². The van der Waals surface area contributed by atoms with E-state index in [1.165, 1.54) is 30.7 Å². The van der Waals surface area contributed by atoms with E-state index in [-0.39, 0.29) is 44.4 Å². The first kappa shape index (κ1) is 30.6. The Kier molecular flexibility index (Phi) is 8.04. The number of piperidine rings is 1. The van der Waals surface area contributed by atoms with E-state index in [0.29, 0.717) is 60.5 Å². The molecular formula is C36H36ClF2N5O3. The van der Waals surface area contributed by atoms with Gasteiger partial charge in [-0.15, -0.1) is 6.42 Å². The minimum atomic E-state index is -0.723. The molecule has 0 saturated carbocycles. The fourth-order valence-corrected chi connectivity index (χ4v) is 8.43. The Balaban J connectivity index is 1.19. The van der Waals surface area contributed by atoms with Gasteiger partial charge in [-0.25, -0.2) is 8.78 Å². The number of rotatable bonds is 7. The Bertz CT molecular complexity index is 1880. The van der Waals surface area contributed by atoms with Crippen LogP contribution >= 0.6 is 11.6 Å². The Morgan fingerprint density at radius 2 is 1.83 bits per heavy atom. The molecule has 0 radical (unpaired) electrons. The SMILES string of the molecule is C#Cc1c(F)ccc2cc(O)cc(-c3c(Cl)cc4c(N5CC6CCC(C5)N6)nc(OCCCN5C6CCCC5COC6)nc4c3F)c12. The number of nitrogens with one attached hydrogen (secondary N) is 1. The zero-order valence-electron chi connectivity index (χ0n) is 25.9. The number of nitrogens with zero attached hydrogens (tertiary/aromatic N) is 4. The number of ether oxygens (including phenoxy) is 2. The quantitative estimate of drug-likeness (QED) is 0.184. The number of fused-ring (bicyclic) bond motifs is 6. The van der Waals surface area contributed by atoms with Gasteiger partial charge in [-0.2, -0.15) is 9.97 Å². The lowest BCUT2D eigenvalue weighted by Crippen LogP contribution is -2.55. The first-order chi connectivity index (χ1) is 22.9. The van der Waals surface area contributed by atoms with E-state index in [0.717, 1.165) is 51.9 Å². The van der Waals surface area contributed by atoms with Gasteiger partial charge in [0.25, 0.3) is 0 Å². The fraction of sp³-hybridized carbons (Fsp3) is 0.444. The highest BCUT2D eigenvalue weighted by Gasteiger charge is 2.36. The summed E-state index contributed by atoms with van der Waals surface area (Å²) in [7, 11) is 0. The molecule has 0 aliphatic carbocycles. The number of morpholine rings is 1. The van der Waals surface area contributed by atoms with E-state index in [4.69, 9.17) is 32.5 Å². The van der Waals surface area contributed by atoms with Crippen LogP contribution in [0.2, 0.25) is 5.02 Å². The van der Waals surface area contributed by atoms with Crippen LogP contribution < -0.4 is 15.0 Å². The van der Waals surface area contributed by atoms with Crippen LogP contribution in [0, 0.1) is 24.0 Å². The molecule has 4 aliphatic rings. The maximum atomic E-state index is 17.0. The molecule has 4 fully saturated rings. The highest BCUT2D eigenvalue weighted by molar-refractivity contribution is 6.35. The zero-order chi connectivity index (χ0) is 32.2. The number of anilines is 1. The Hall–Kier alpha value is -3.75. The van der Waals surface area contributed by atoms with Crippen molar-refractivity contribution in [3.63, 3.8) is 0 Å². The molecule has 8 rings (SSSR count). The first-order valence-electron chi connectivity index (χ1n) is 16.5. The largest absolute Gasteiger partial charge is 0.508 e. The first-order valence-corrected chi connectivity index (χ1v) is 16.8. The summed E-state index contributed by atoms with van der Waals surface area (Å²) < 4.78 is 43.8. The molecule has 0 spiro atoms. The predicted octanol–water partition coefficient (Wildman–Crippen LogP) is 6.03. The smallest absolute Gasteiger partial charge is 0.319 e. The Morgan fingerprint density at radius 1 is 1.06 bits per heavy atom. The second kappa shape index (κ2) is 12.4. The van der Waals surface area contributed by atoms with Crippen LogP contribution in [0.1, 0.15) is 44.1 Å². The fourth-order valence-electron chi connectivity index (χ4n) is 8.14. The Labute approximate surface area is 277 Å². The number of piperazine rings is 1. The molecule has 4 saturated heterocycles. The van der Waals surface area contributed by atoms with Gasteiger partial charge in [0, 0.05) is 60.1 Å². The van der Waals surface area contributed by atoms with E-state index in [1.54, 1.807) is 6.07 Å². The van der Waals surface area contributed by atoms with Gasteiger partial charge in [0.1, 0.15) is 22.9 Å². The number of phenols is 1. The summed E-state index contributed by atoms with van der Waals surface area (Å²) in [6.45, 7) is 4.23. The van der Waals surface area contributed by atoms with Crippen LogP contribution in [0.5, 0.6) is 11.8 Å². The van der Waals surface area contributed by atoms with Crippen LogP contribution in [0.15, 0.2) is 30.3 Å². The zero-order valence-corrected chi connectivity index (χ0v) is 26.7. The van der Waals surface area contributed by atoms with Crippen molar-refractivity contribution in [2.24, 2.45) is 0 Å². The molecule has 8 nitrogen and oxygen atoms in total. The molecule has 11 heteroatoms. The van der Waals surface area contributed by atoms with Crippen molar-refractivity contribution in [3.8, 4) is 35.2 Å². The maximum Gasteiger partial charge on any atom is 0.319 e. The molecule has 1 aromatic heterocycles. The highest BCUT2D eigenvalue weighted by atomic mass is 35.5. The number of halogens is 3. The van der Waals surface area contributed by atoms with Crippen LogP contribution in [0.3, 0.4) is 0 Å². The second-order valence-electron chi connectivity index (χ2n) is 13.2. The molecule has 4 atom stereocenters. The van der Waals surface area contributed by atoms with Crippen molar-refractivity contribution >= 4 is 39.1 Å². The third kappa shape index (κ3) is 5.53. The highest BCUT2D eigenvalue weighted by Crippen LogP contribution is 2.44. The predicted molar refractivity (Wildman–Crippen MR) is 178 cm³/mol. The van der Waals surface area contributed by atoms with Gasteiger partial charge < -0.3 is 24.8 Å². The van der Waals surface area contributed by atoms with Gasteiger partial charge in [-0.05, 0) is 67.3 Å². The van der Waals surface area contributed by atoms with Crippen molar-refractivity contribution in [3.05, 3.63) is 52.6 Å². The van der Waals surface area contributed by atoms with Gasteiger partial charge in [0.15, 0.2) is 5.82 Å². The number of hydrogen-bond donors (Lipinski definition) is 2. The lowest BCUT2D eigenvalue weighted by Gasteiger charge is -2.45. The molecule has 47 heavy (non-hydrogen) atoms. The molecule has 4 aromatic rings. The molecule has 2 N–H and O–H groups in total. The standard InChI is InChI=1S/C36H36ClF2N5O3/c1-2-26-30(38)10-7-20-13-25(45)14-27(31(20)26)32-29(37)15-28-34(33(32)39)41-36(42-35(28)43-16-21-8-9-22(17-43)40-21)47-12-4-11-44-23-5-3-6-24(44)19-46-18-23/h1,7,10,13-15,21-24,40,45H,3-6,8-9,11-12,16-19H2. The summed E-state index contributed by atoms with van der Waals surface area (Å²) in [6.07, 6.45) is 12.1. The summed E-state index contributed by atoms with van der Waals surface area (Å²) in [6, 6.07) is 8.80. The summed E-state index contributed by atoms with van der Waals surface area (Å²) in [5.74, 6) is 1.48. The lowest BCUT2D eigenvalue weighted by atomic mass is 9.93. The van der Waals surface area contributed by atoms with E-state index in [9.17, 15) is 9.50 Å². The van der Waals surface area contributed by atoms with Crippen molar-refractivity contribution in [1.82, 2.24) is 20.2 Å². The summed E-state index contributed by atoms with van der Waals surface area (Å²) in [5, 5.41) is 15.5. The average molecular weight is 660 g/mol. The van der Waals surface area contributed by atoms with E-state index >= 15 is 4.39 Å². The van der Waals surface area contributed by atoms with Crippen molar-refractivity contribution in [2.45, 2.75) is 62.7 Å². The minimum Gasteiger partial charge on any atom is -0.508 e. The number of terminal acetylenes is 1. The molecule has 4 bridgehead atoms. The second-order valence-corrected chi connectivity index (χ2v) is 13.6. The number of benzene rings is 3. The van der Waals surface area contributed by atoms with E-state index < -0.39 is 11.6 Å². The molecule has 244 valence electrons. The van der Waals surface area contributed by atoms with Gasteiger partial charge >= 0.3 is 6.01 Å². The van der Waals surface area contributed by atoms with Crippen LogP contribution in [-0.4, -0.2) is 83.6 Å². The minimum absolute atomic E-state index is 0.0306. The van der Waals surface area contributed by atoms with Crippen molar-refractivity contribution in [1.29, 1.82) is 0 Å². The molecular weight excluding hydrogens is 624 g/mol. The summed E-state index contributed by atoms with van der Waals surface area (Å²) >= 11 is 6.87. The molecule has 3 aromatic carbocycles. The van der Waals surface area contributed by atoms with E-state index in [2.05, 4.69) is 26.0 Å².